The highest BCUT2D eigenvalue weighted by Crippen LogP contribution is 2.15. The molecule has 0 radical (unpaired) electrons. The number of nitrogens with two attached hydrogens (primary N) is 1. The Hall–Kier alpha value is -0.910. The van der Waals surface area contributed by atoms with Gasteiger partial charge in [0.25, 0.3) is 0 Å². The van der Waals surface area contributed by atoms with E-state index in [2.05, 4.69) is 4.98 Å². The lowest BCUT2D eigenvalue weighted by molar-refractivity contribution is 0.101. The van der Waals surface area contributed by atoms with E-state index in [1.54, 1.807) is 11.3 Å². The van der Waals surface area contributed by atoms with Crippen molar-refractivity contribution in [1.29, 1.82) is 0 Å². The fraction of sp³-hybridized carbons (Fsp3) is 0.545. The van der Waals surface area contributed by atoms with Crippen molar-refractivity contribution in [2.45, 2.75) is 25.8 Å². The molecule has 0 spiro atoms. The summed E-state index contributed by atoms with van der Waals surface area (Å²) in [5.74, 6) is 0. The molecule has 0 amide bonds. The minimum Gasteiger partial charge on any atom is -0.380 e. The van der Waals surface area contributed by atoms with Gasteiger partial charge in [-0.25, -0.2) is 4.98 Å². The summed E-state index contributed by atoms with van der Waals surface area (Å²) in [4.78, 5) is 5.53. The molecule has 1 atom stereocenters. The molecule has 0 fully saturated rings. The number of imidazole rings is 1. The number of rotatable bonds is 5. The molecule has 0 aliphatic rings. The third-order valence-corrected chi connectivity index (χ3v) is 3.13. The molecule has 0 saturated heterocycles. The molecule has 4 nitrogen and oxygen atoms in total. The maximum atomic E-state index is 6.15. The highest BCUT2D eigenvalue weighted by molar-refractivity contribution is 7.15. The first-order valence-corrected chi connectivity index (χ1v) is 6.26. The molecule has 2 heterocycles. The van der Waals surface area contributed by atoms with Gasteiger partial charge in [0, 0.05) is 36.3 Å². The van der Waals surface area contributed by atoms with Crippen LogP contribution in [0.3, 0.4) is 0 Å². The second-order valence-corrected chi connectivity index (χ2v) is 5.17. The number of fused-ring (bicyclic) bond motifs is 1. The fourth-order valence-electron chi connectivity index (χ4n) is 1.66. The van der Waals surface area contributed by atoms with Gasteiger partial charge >= 0.3 is 0 Å². The number of hydrogen-bond donors (Lipinski definition) is 1. The van der Waals surface area contributed by atoms with E-state index in [0.717, 1.165) is 17.1 Å². The minimum atomic E-state index is -0.347. The molecular formula is C11H17N3OS. The first-order valence-electron chi connectivity index (χ1n) is 5.38. The Morgan fingerprint density at radius 2 is 2.44 bits per heavy atom. The average Bonchev–Trinajstić information content (AvgIpc) is 2.74. The van der Waals surface area contributed by atoms with Gasteiger partial charge in [-0.2, -0.15) is 0 Å². The number of aromatic nitrogens is 2. The first kappa shape index (κ1) is 11.6. The van der Waals surface area contributed by atoms with Gasteiger partial charge in [0.15, 0.2) is 4.96 Å². The van der Waals surface area contributed by atoms with Crippen LogP contribution in [-0.4, -0.2) is 28.1 Å². The van der Waals surface area contributed by atoms with Gasteiger partial charge in [0.05, 0.1) is 12.3 Å². The predicted molar refractivity (Wildman–Crippen MR) is 65.9 cm³/mol. The van der Waals surface area contributed by atoms with Gasteiger partial charge in [-0.15, -0.1) is 11.3 Å². The molecule has 2 N–H and O–H groups in total. The molecule has 88 valence electrons. The Morgan fingerprint density at radius 3 is 3.12 bits per heavy atom. The van der Waals surface area contributed by atoms with Crippen molar-refractivity contribution in [3.8, 4) is 0 Å². The Bertz CT molecular complexity index is 432. The highest BCUT2D eigenvalue weighted by Gasteiger charge is 2.21. The van der Waals surface area contributed by atoms with Crippen molar-refractivity contribution in [3.05, 3.63) is 23.5 Å². The number of ether oxygens (including phenoxy) is 1. The van der Waals surface area contributed by atoms with Crippen molar-refractivity contribution in [3.63, 3.8) is 0 Å². The van der Waals surface area contributed by atoms with Gasteiger partial charge in [-0.3, -0.25) is 4.40 Å². The SMILES string of the molecule is CCOCC(C)(N)Cc1cn2ccsc2n1. The van der Waals surface area contributed by atoms with E-state index in [4.69, 9.17) is 10.5 Å². The van der Waals surface area contributed by atoms with E-state index in [9.17, 15) is 0 Å². The summed E-state index contributed by atoms with van der Waals surface area (Å²) in [5, 5.41) is 2.02. The zero-order valence-corrected chi connectivity index (χ0v) is 10.5. The maximum Gasteiger partial charge on any atom is 0.193 e. The van der Waals surface area contributed by atoms with Gasteiger partial charge in [-0.1, -0.05) is 0 Å². The second kappa shape index (κ2) is 4.53. The molecule has 5 heteroatoms. The number of thiazole rings is 1. The third-order valence-electron chi connectivity index (χ3n) is 2.36. The van der Waals surface area contributed by atoms with Gasteiger partial charge < -0.3 is 10.5 Å². The Labute approximate surface area is 99.1 Å². The normalized spacial score (nSPS) is 15.4. The summed E-state index contributed by atoms with van der Waals surface area (Å²) >= 11 is 1.63. The largest absolute Gasteiger partial charge is 0.380 e. The van der Waals surface area contributed by atoms with Crippen LogP contribution in [0.25, 0.3) is 4.96 Å². The maximum absolute atomic E-state index is 6.15. The van der Waals surface area contributed by atoms with Crippen LogP contribution in [0.2, 0.25) is 0 Å². The van der Waals surface area contributed by atoms with Crippen LogP contribution in [0.15, 0.2) is 17.8 Å². The zero-order chi connectivity index (χ0) is 11.6. The lowest BCUT2D eigenvalue weighted by Crippen LogP contribution is -2.43. The van der Waals surface area contributed by atoms with Crippen LogP contribution in [0.5, 0.6) is 0 Å². The average molecular weight is 239 g/mol. The van der Waals surface area contributed by atoms with E-state index >= 15 is 0 Å². The quantitative estimate of drug-likeness (QED) is 0.864. The molecule has 2 aromatic rings. The highest BCUT2D eigenvalue weighted by atomic mass is 32.1. The molecule has 0 aliphatic carbocycles. The van der Waals surface area contributed by atoms with Crippen LogP contribution in [-0.2, 0) is 11.2 Å². The van der Waals surface area contributed by atoms with Crippen LogP contribution in [0.1, 0.15) is 19.5 Å². The smallest absolute Gasteiger partial charge is 0.193 e. The van der Waals surface area contributed by atoms with Crippen LogP contribution in [0, 0.1) is 0 Å². The predicted octanol–water partition coefficient (Wildman–Crippen LogP) is 1.69. The molecule has 16 heavy (non-hydrogen) atoms. The molecular weight excluding hydrogens is 222 g/mol. The molecule has 1 unspecified atom stereocenters. The molecule has 0 bridgehead atoms. The summed E-state index contributed by atoms with van der Waals surface area (Å²) < 4.78 is 7.39. The zero-order valence-electron chi connectivity index (χ0n) is 9.64. The topological polar surface area (TPSA) is 52.5 Å². The standard InChI is InChI=1S/C11H17N3OS/c1-3-15-8-11(2,12)6-9-7-14-4-5-16-10(14)13-9/h4-5,7H,3,6,8,12H2,1-2H3. The minimum absolute atomic E-state index is 0.347. The van der Waals surface area contributed by atoms with Gasteiger partial charge in [0.1, 0.15) is 0 Å². The van der Waals surface area contributed by atoms with Crippen LogP contribution >= 0.6 is 11.3 Å². The van der Waals surface area contributed by atoms with Crippen molar-refractivity contribution in [2.75, 3.05) is 13.2 Å². The second-order valence-electron chi connectivity index (χ2n) is 4.29. The lowest BCUT2D eigenvalue weighted by atomic mass is 9.99. The molecule has 2 rings (SSSR count). The van der Waals surface area contributed by atoms with Crippen molar-refractivity contribution in [2.24, 2.45) is 5.73 Å². The van der Waals surface area contributed by atoms with E-state index in [-0.39, 0.29) is 5.54 Å². The van der Waals surface area contributed by atoms with Crippen LogP contribution in [0.4, 0.5) is 0 Å². The summed E-state index contributed by atoms with van der Waals surface area (Å²) in [6.07, 6.45) is 4.77. The molecule has 2 aromatic heterocycles. The van der Waals surface area contributed by atoms with Crippen LogP contribution < -0.4 is 5.73 Å². The lowest BCUT2D eigenvalue weighted by Gasteiger charge is -2.22. The third kappa shape index (κ3) is 2.61. The molecule has 0 saturated carbocycles. The van der Waals surface area contributed by atoms with E-state index in [1.165, 1.54) is 0 Å². The number of hydrogen-bond acceptors (Lipinski definition) is 4. The Balaban J connectivity index is 2.06. The monoisotopic (exact) mass is 239 g/mol. The molecule has 0 aromatic carbocycles. The summed E-state index contributed by atoms with van der Waals surface area (Å²) in [6, 6.07) is 0. The Kier molecular flexibility index (Phi) is 3.28. The number of nitrogens with zero attached hydrogens (tertiary/aromatic N) is 2. The van der Waals surface area contributed by atoms with E-state index < -0.39 is 0 Å². The van der Waals surface area contributed by atoms with Crippen molar-refractivity contribution >= 4 is 16.3 Å². The first-order chi connectivity index (χ1) is 7.61. The van der Waals surface area contributed by atoms with E-state index in [0.29, 0.717) is 13.2 Å². The summed E-state index contributed by atoms with van der Waals surface area (Å²) in [7, 11) is 0. The molecule has 0 aliphatic heterocycles. The van der Waals surface area contributed by atoms with Gasteiger partial charge in [0.2, 0.25) is 0 Å². The van der Waals surface area contributed by atoms with E-state index in [1.807, 2.05) is 36.0 Å². The van der Waals surface area contributed by atoms with Gasteiger partial charge in [-0.05, 0) is 13.8 Å². The summed E-state index contributed by atoms with van der Waals surface area (Å²) in [5.41, 5.74) is 6.83. The summed E-state index contributed by atoms with van der Waals surface area (Å²) in [6.45, 7) is 5.23. The fourth-order valence-corrected chi connectivity index (χ4v) is 2.38. The van der Waals surface area contributed by atoms with Crippen molar-refractivity contribution in [1.82, 2.24) is 9.38 Å². The van der Waals surface area contributed by atoms with Crippen molar-refractivity contribution < 1.29 is 4.74 Å². The Morgan fingerprint density at radius 1 is 1.62 bits per heavy atom.